The lowest BCUT2D eigenvalue weighted by molar-refractivity contribution is 0.0678. The maximum Gasteiger partial charge on any atom is 0.254 e. The van der Waals surface area contributed by atoms with E-state index in [9.17, 15) is 4.79 Å². The van der Waals surface area contributed by atoms with E-state index >= 15 is 0 Å². The van der Waals surface area contributed by atoms with Gasteiger partial charge < -0.3 is 20.1 Å². The van der Waals surface area contributed by atoms with Crippen molar-refractivity contribution < 1.29 is 14.3 Å². The Kier molecular flexibility index (Phi) is 4.95. The highest BCUT2D eigenvalue weighted by Crippen LogP contribution is 2.21. The summed E-state index contributed by atoms with van der Waals surface area (Å²) in [5.74, 6) is 0.850. The van der Waals surface area contributed by atoms with E-state index in [1.165, 1.54) is 0 Å². The van der Waals surface area contributed by atoms with Crippen LogP contribution in [0.2, 0.25) is 0 Å². The number of amides is 1. The molecule has 22 heavy (non-hydrogen) atoms. The van der Waals surface area contributed by atoms with Crippen LogP contribution in [0.4, 0.5) is 0 Å². The summed E-state index contributed by atoms with van der Waals surface area (Å²) in [7, 11) is 0. The van der Waals surface area contributed by atoms with Gasteiger partial charge in [0.1, 0.15) is 12.4 Å². The van der Waals surface area contributed by atoms with Crippen molar-refractivity contribution in [3.8, 4) is 5.75 Å². The molecule has 2 heterocycles. The van der Waals surface area contributed by atoms with Crippen LogP contribution in [0.1, 0.15) is 36.0 Å². The quantitative estimate of drug-likeness (QED) is 0.901. The second kappa shape index (κ2) is 7.11. The van der Waals surface area contributed by atoms with Gasteiger partial charge in [0, 0.05) is 31.3 Å². The number of hydrogen-bond donors (Lipinski definition) is 1. The highest BCUT2D eigenvalue weighted by Gasteiger charge is 2.28. The van der Waals surface area contributed by atoms with Gasteiger partial charge in [-0.1, -0.05) is 0 Å². The fraction of sp³-hybridized carbons (Fsp3) is 0.588. The summed E-state index contributed by atoms with van der Waals surface area (Å²) in [4.78, 5) is 14.4. The van der Waals surface area contributed by atoms with Crippen molar-refractivity contribution >= 4 is 5.91 Å². The van der Waals surface area contributed by atoms with Crippen LogP contribution in [0.15, 0.2) is 24.3 Å². The Hall–Kier alpha value is -1.59. The van der Waals surface area contributed by atoms with E-state index < -0.39 is 0 Å². The summed E-state index contributed by atoms with van der Waals surface area (Å²) in [6.45, 7) is 2.75. The Balaban J connectivity index is 1.57. The highest BCUT2D eigenvalue weighted by molar-refractivity contribution is 5.94. The number of ether oxygens (including phenoxy) is 2. The number of likely N-dealkylation sites (tertiary alicyclic amines) is 1. The molecule has 0 aromatic heterocycles. The fourth-order valence-corrected chi connectivity index (χ4v) is 3.17. The van der Waals surface area contributed by atoms with Gasteiger partial charge in [-0.2, -0.15) is 0 Å². The Morgan fingerprint density at radius 3 is 2.77 bits per heavy atom. The van der Waals surface area contributed by atoms with Crippen LogP contribution < -0.4 is 10.5 Å². The van der Waals surface area contributed by atoms with Gasteiger partial charge in [0.25, 0.3) is 5.91 Å². The van der Waals surface area contributed by atoms with E-state index in [1.54, 1.807) is 0 Å². The van der Waals surface area contributed by atoms with Crippen LogP contribution in [-0.4, -0.2) is 49.3 Å². The van der Waals surface area contributed by atoms with Crippen molar-refractivity contribution in [3.63, 3.8) is 0 Å². The second-order valence-electron chi connectivity index (χ2n) is 6.00. The lowest BCUT2D eigenvalue weighted by Gasteiger charge is -2.23. The van der Waals surface area contributed by atoms with Crippen molar-refractivity contribution in [1.82, 2.24) is 4.90 Å². The van der Waals surface area contributed by atoms with E-state index in [0.717, 1.165) is 44.6 Å². The first kappa shape index (κ1) is 15.3. The second-order valence-corrected chi connectivity index (χ2v) is 6.00. The molecule has 0 bridgehead atoms. The average Bonchev–Trinajstić information content (AvgIpc) is 3.23. The topological polar surface area (TPSA) is 64.8 Å². The van der Waals surface area contributed by atoms with Crippen LogP contribution in [-0.2, 0) is 4.74 Å². The smallest absolute Gasteiger partial charge is 0.254 e. The summed E-state index contributed by atoms with van der Waals surface area (Å²) in [5, 5.41) is 0. The van der Waals surface area contributed by atoms with Gasteiger partial charge in [-0.3, -0.25) is 4.79 Å². The predicted octanol–water partition coefficient (Wildman–Crippen LogP) is 1.81. The minimum Gasteiger partial charge on any atom is -0.491 e. The van der Waals surface area contributed by atoms with Crippen LogP contribution in [0.5, 0.6) is 5.75 Å². The molecule has 2 fully saturated rings. The summed E-state index contributed by atoms with van der Waals surface area (Å²) < 4.78 is 11.3. The first-order valence-corrected chi connectivity index (χ1v) is 8.13. The van der Waals surface area contributed by atoms with Crippen molar-refractivity contribution in [2.45, 2.75) is 37.8 Å². The largest absolute Gasteiger partial charge is 0.491 e. The van der Waals surface area contributed by atoms with Crippen molar-refractivity contribution in [2.75, 3.05) is 26.3 Å². The molecule has 5 heteroatoms. The maximum absolute atomic E-state index is 12.5. The van der Waals surface area contributed by atoms with E-state index in [-0.39, 0.29) is 18.1 Å². The van der Waals surface area contributed by atoms with Gasteiger partial charge in [-0.05, 0) is 49.9 Å². The summed E-state index contributed by atoms with van der Waals surface area (Å²) >= 11 is 0. The molecule has 1 aromatic carbocycles. The van der Waals surface area contributed by atoms with Crippen molar-refractivity contribution in [1.29, 1.82) is 0 Å². The standard InChI is InChI=1S/C17H24N2O3/c18-11-14-3-1-9-19(14)17(20)13-5-7-15(8-6-13)22-12-16-4-2-10-21-16/h5-8,14,16H,1-4,9-12,18H2. The van der Waals surface area contributed by atoms with E-state index in [1.807, 2.05) is 29.2 Å². The number of benzene rings is 1. The molecule has 2 unspecified atom stereocenters. The molecule has 0 spiro atoms. The molecule has 2 N–H and O–H groups in total. The lowest BCUT2D eigenvalue weighted by atomic mass is 10.1. The van der Waals surface area contributed by atoms with Gasteiger partial charge in [-0.15, -0.1) is 0 Å². The van der Waals surface area contributed by atoms with E-state index in [4.69, 9.17) is 15.2 Å². The zero-order valence-electron chi connectivity index (χ0n) is 12.9. The average molecular weight is 304 g/mol. The fourth-order valence-electron chi connectivity index (χ4n) is 3.17. The van der Waals surface area contributed by atoms with Gasteiger partial charge >= 0.3 is 0 Å². The molecule has 3 rings (SSSR count). The first-order valence-electron chi connectivity index (χ1n) is 8.13. The van der Waals surface area contributed by atoms with Crippen LogP contribution in [0.25, 0.3) is 0 Å². The van der Waals surface area contributed by atoms with Gasteiger partial charge in [0.2, 0.25) is 0 Å². The number of nitrogens with zero attached hydrogens (tertiary/aromatic N) is 1. The SMILES string of the molecule is NCC1CCCN1C(=O)c1ccc(OCC2CCCO2)cc1. The van der Waals surface area contributed by atoms with Crippen molar-refractivity contribution in [3.05, 3.63) is 29.8 Å². The number of carbonyl (C=O) groups is 1. The van der Waals surface area contributed by atoms with E-state index in [0.29, 0.717) is 18.7 Å². The first-order chi connectivity index (χ1) is 10.8. The molecule has 2 aliphatic heterocycles. The molecule has 2 atom stereocenters. The molecule has 0 aliphatic carbocycles. The molecular formula is C17H24N2O3. The Labute approximate surface area is 131 Å². The molecule has 5 nitrogen and oxygen atoms in total. The normalized spacial score (nSPS) is 24.7. The number of nitrogens with two attached hydrogens (primary N) is 1. The third kappa shape index (κ3) is 3.42. The van der Waals surface area contributed by atoms with Crippen LogP contribution in [0, 0.1) is 0 Å². The number of carbonyl (C=O) groups excluding carboxylic acids is 1. The van der Waals surface area contributed by atoms with Crippen molar-refractivity contribution in [2.24, 2.45) is 5.73 Å². The molecule has 1 amide bonds. The molecule has 1 aromatic rings. The molecule has 2 saturated heterocycles. The Morgan fingerprint density at radius 2 is 2.09 bits per heavy atom. The number of hydrogen-bond acceptors (Lipinski definition) is 4. The summed E-state index contributed by atoms with van der Waals surface area (Å²) in [6.07, 6.45) is 4.42. The Bertz CT molecular complexity index is 497. The monoisotopic (exact) mass is 304 g/mol. The third-order valence-electron chi connectivity index (χ3n) is 4.47. The zero-order valence-corrected chi connectivity index (χ0v) is 12.9. The number of rotatable bonds is 5. The molecule has 120 valence electrons. The van der Waals surface area contributed by atoms with E-state index in [2.05, 4.69) is 0 Å². The Morgan fingerprint density at radius 1 is 1.27 bits per heavy atom. The minimum absolute atomic E-state index is 0.0682. The van der Waals surface area contributed by atoms with Gasteiger partial charge in [0.05, 0.1) is 6.10 Å². The highest BCUT2D eigenvalue weighted by atomic mass is 16.5. The van der Waals surface area contributed by atoms with Gasteiger partial charge in [-0.25, -0.2) is 0 Å². The lowest BCUT2D eigenvalue weighted by Crippen LogP contribution is -2.39. The third-order valence-corrected chi connectivity index (χ3v) is 4.47. The molecule has 0 saturated carbocycles. The zero-order chi connectivity index (χ0) is 15.4. The predicted molar refractivity (Wildman–Crippen MR) is 84.0 cm³/mol. The van der Waals surface area contributed by atoms with Crippen LogP contribution in [0.3, 0.4) is 0 Å². The molecule has 0 radical (unpaired) electrons. The molecular weight excluding hydrogens is 280 g/mol. The van der Waals surface area contributed by atoms with Crippen LogP contribution >= 0.6 is 0 Å². The molecule has 2 aliphatic rings. The minimum atomic E-state index is 0.0682. The maximum atomic E-state index is 12.5. The summed E-state index contributed by atoms with van der Waals surface area (Å²) in [5.41, 5.74) is 6.44. The van der Waals surface area contributed by atoms with Gasteiger partial charge in [0.15, 0.2) is 0 Å². The summed E-state index contributed by atoms with van der Waals surface area (Å²) in [6, 6.07) is 7.56.